The van der Waals surface area contributed by atoms with Gasteiger partial charge in [0.2, 0.25) is 0 Å². The predicted molar refractivity (Wildman–Crippen MR) is 107 cm³/mol. The molecule has 1 aliphatic heterocycles. The zero-order valence-electron chi connectivity index (χ0n) is 16.5. The Morgan fingerprint density at radius 2 is 1.73 bits per heavy atom. The van der Waals surface area contributed by atoms with Crippen LogP contribution in [0.3, 0.4) is 0 Å². The van der Waals surface area contributed by atoms with Crippen molar-refractivity contribution in [3.8, 4) is 0 Å². The van der Waals surface area contributed by atoms with E-state index in [-0.39, 0.29) is 17.2 Å². The van der Waals surface area contributed by atoms with E-state index in [4.69, 9.17) is 0 Å². The lowest BCUT2D eigenvalue weighted by Gasteiger charge is -2.36. The molecule has 0 atom stereocenters. The molecular formula is C20H21F3N4O3. The number of benzene rings is 2. The second-order valence-electron chi connectivity index (χ2n) is 7.18. The summed E-state index contributed by atoms with van der Waals surface area (Å²) in [5.74, 6) is -0.341. The van der Waals surface area contributed by atoms with E-state index in [0.717, 1.165) is 12.1 Å². The Kier molecular flexibility index (Phi) is 5.86. The summed E-state index contributed by atoms with van der Waals surface area (Å²) in [5, 5.41) is 11.3. The highest BCUT2D eigenvalue weighted by Gasteiger charge is 2.31. The molecule has 1 heterocycles. The van der Waals surface area contributed by atoms with Crippen molar-refractivity contribution in [3.63, 3.8) is 0 Å². The minimum Gasteiger partial charge on any atom is -0.372 e. The molecule has 0 spiro atoms. The van der Waals surface area contributed by atoms with Gasteiger partial charge >= 0.3 is 6.18 Å². The molecule has 2 aromatic carbocycles. The van der Waals surface area contributed by atoms with Crippen LogP contribution in [0, 0.1) is 10.1 Å². The number of nitro benzene ring substituents is 1. The zero-order chi connectivity index (χ0) is 22.1. The number of nitrogens with zero attached hydrogens (tertiary/aromatic N) is 4. The van der Waals surface area contributed by atoms with Gasteiger partial charge in [-0.25, -0.2) is 0 Å². The summed E-state index contributed by atoms with van der Waals surface area (Å²) in [6.45, 7) is 1.34. The second-order valence-corrected chi connectivity index (χ2v) is 7.18. The second kappa shape index (κ2) is 8.21. The molecule has 0 N–H and O–H groups in total. The molecule has 0 bridgehead atoms. The number of hydrogen-bond donors (Lipinski definition) is 0. The Bertz CT molecular complexity index is 955. The van der Waals surface area contributed by atoms with Crippen molar-refractivity contribution in [2.75, 3.05) is 50.1 Å². The summed E-state index contributed by atoms with van der Waals surface area (Å²) >= 11 is 0. The Labute approximate surface area is 171 Å². The normalized spacial score (nSPS) is 14.6. The monoisotopic (exact) mass is 422 g/mol. The third kappa shape index (κ3) is 4.47. The van der Waals surface area contributed by atoms with Gasteiger partial charge in [0.05, 0.1) is 10.5 Å². The number of carbonyl (C=O) groups is 1. The molecule has 0 unspecified atom stereocenters. The molecule has 3 rings (SSSR count). The van der Waals surface area contributed by atoms with Gasteiger partial charge in [0.25, 0.3) is 11.6 Å². The Morgan fingerprint density at radius 1 is 1.07 bits per heavy atom. The van der Waals surface area contributed by atoms with Gasteiger partial charge in [-0.1, -0.05) is 6.07 Å². The van der Waals surface area contributed by atoms with Crippen LogP contribution in [0.4, 0.5) is 30.2 Å². The van der Waals surface area contributed by atoms with Crippen molar-refractivity contribution in [3.05, 3.63) is 63.7 Å². The number of nitro groups is 1. The number of carbonyl (C=O) groups excluding carboxylic acids is 1. The lowest BCUT2D eigenvalue weighted by Crippen LogP contribution is -2.48. The van der Waals surface area contributed by atoms with Crippen LogP contribution < -0.4 is 9.80 Å². The highest BCUT2D eigenvalue weighted by Crippen LogP contribution is 2.32. The number of halogens is 3. The van der Waals surface area contributed by atoms with Gasteiger partial charge in [0.15, 0.2) is 0 Å². The number of amides is 1. The van der Waals surface area contributed by atoms with Crippen LogP contribution in [0.2, 0.25) is 0 Å². The van der Waals surface area contributed by atoms with Crippen LogP contribution in [-0.2, 0) is 6.18 Å². The predicted octanol–water partition coefficient (Wildman–Crippen LogP) is 3.64. The third-order valence-electron chi connectivity index (χ3n) is 5.01. The summed E-state index contributed by atoms with van der Waals surface area (Å²) in [6.07, 6.45) is -4.42. The van der Waals surface area contributed by atoms with Gasteiger partial charge in [0.1, 0.15) is 5.69 Å². The molecule has 1 saturated heterocycles. The van der Waals surface area contributed by atoms with Crippen molar-refractivity contribution in [2.45, 2.75) is 6.18 Å². The van der Waals surface area contributed by atoms with Crippen LogP contribution >= 0.6 is 0 Å². The van der Waals surface area contributed by atoms with Crippen LogP contribution in [-0.4, -0.2) is 56.0 Å². The third-order valence-corrected chi connectivity index (χ3v) is 5.01. The van der Waals surface area contributed by atoms with Crippen molar-refractivity contribution in [2.24, 2.45) is 0 Å². The number of hydrogen-bond acceptors (Lipinski definition) is 5. The van der Waals surface area contributed by atoms with E-state index in [2.05, 4.69) is 0 Å². The molecule has 0 saturated carbocycles. The zero-order valence-corrected chi connectivity index (χ0v) is 16.5. The molecule has 1 fully saturated rings. The highest BCUT2D eigenvalue weighted by molar-refractivity contribution is 5.96. The molecule has 0 aliphatic carbocycles. The summed E-state index contributed by atoms with van der Waals surface area (Å²) in [4.78, 5) is 28.6. The summed E-state index contributed by atoms with van der Waals surface area (Å²) in [7, 11) is 3.35. The van der Waals surface area contributed by atoms with Crippen molar-refractivity contribution in [1.82, 2.24) is 4.90 Å². The van der Waals surface area contributed by atoms with Crippen LogP contribution in [0.25, 0.3) is 0 Å². The molecule has 0 radical (unpaired) electrons. The number of anilines is 2. The lowest BCUT2D eigenvalue weighted by atomic mass is 10.1. The first kappa shape index (κ1) is 21.4. The minimum absolute atomic E-state index is 0.159. The first-order valence-corrected chi connectivity index (χ1v) is 9.25. The highest BCUT2D eigenvalue weighted by atomic mass is 19.4. The standard InChI is InChI=1S/C20H21F3N4O3/c1-24(2)17-7-6-14(12-18(17)27(29)30)19(28)26-10-8-25(9-11-26)16-5-3-4-15(13-16)20(21,22)23/h3-7,12-13H,8-11H2,1-2H3. The average Bonchev–Trinajstić information content (AvgIpc) is 2.72. The van der Waals surface area contributed by atoms with Crippen molar-refractivity contribution < 1.29 is 22.9 Å². The van der Waals surface area contributed by atoms with Crippen LogP contribution in [0.15, 0.2) is 42.5 Å². The Hall–Kier alpha value is -3.30. The van der Waals surface area contributed by atoms with Gasteiger partial charge in [0, 0.05) is 57.6 Å². The van der Waals surface area contributed by atoms with Crippen LogP contribution in [0.1, 0.15) is 15.9 Å². The maximum atomic E-state index is 12.9. The van der Waals surface area contributed by atoms with E-state index < -0.39 is 16.7 Å². The molecule has 0 aromatic heterocycles. The van der Waals surface area contributed by atoms with Crippen molar-refractivity contribution in [1.29, 1.82) is 0 Å². The molecule has 30 heavy (non-hydrogen) atoms. The first-order valence-electron chi connectivity index (χ1n) is 9.25. The first-order chi connectivity index (χ1) is 14.1. The van der Waals surface area contributed by atoms with Gasteiger partial charge < -0.3 is 14.7 Å². The largest absolute Gasteiger partial charge is 0.416 e. The van der Waals surface area contributed by atoms with Gasteiger partial charge in [-0.15, -0.1) is 0 Å². The number of piperazine rings is 1. The molecule has 1 amide bonds. The molecule has 1 aliphatic rings. The fourth-order valence-corrected chi connectivity index (χ4v) is 3.41. The summed E-state index contributed by atoms with van der Waals surface area (Å²) in [6, 6.07) is 9.43. The van der Waals surface area contributed by atoms with E-state index in [1.807, 2.05) is 0 Å². The van der Waals surface area contributed by atoms with Gasteiger partial charge in [-0.05, 0) is 30.3 Å². The fraction of sp³-hybridized carbons (Fsp3) is 0.350. The smallest absolute Gasteiger partial charge is 0.372 e. The molecular weight excluding hydrogens is 401 g/mol. The SMILES string of the molecule is CN(C)c1ccc(C(=O)N2CCN(c3cccc(C(F)(F)F)c3)CC2)cc1[N+](=O)[O-]. The van der Waals surface area contributed by atoms with E-state index >= 15 is 0 Å². The molecule has 160 valence electrons. The van der Waals surface area contributed by atoms with Gasteiger partial charge in [-0.2, -0.15) is 13.2 Å². The average molecular weight is 422 g/mol. The maximum Gasteiger partial charge on any atom is 0.416 e. The van der Waals surface area contributed by atoms with Gasteiger partial charge in [-0.3, -0.25) is 14.9 Å². The molecule has 7 nitrogen and oxygen atoms in total. The van der Waals surface area contributed by atoms with E-state index in [1.54, 1.807) is 40.9 Å². The van der Waals surface area contributed by atoms with E-state index in [1.165, 1.54) is 18.2 Å². The Balaban J connectivity index is 1.72. The molecule has 2 aromatic rings. The fourth-order valence-electron chi connectivity index (χ4n) is 3.41. The quantitative estimate of drug-likeness (QED) is 0.556. The number of alkyl halides is 3. The maximum absolute atomic E-state index is 12.9. The topological polar surface area (TPSA) is 69.9 Å². The van der Waals surface area contributed by atoms with E-state index in [9.17, 15) is 28.1 Å². The minimum atomic E-state index is -4.42. The number of rotatable bonds is 4. The Morgan fingerprint density at radius 3 is 2.30 bits per heavy atom. The lowest BCUT2D eigenvalue weighted by molar-refractivity contribution is -0.384. The van der Waals surface area contributed by atoms with E-state index in [0.29, 0.717) is 37.6 Å². The van der Waals surface area contributed by atoms with Crippen LogP contribution in [0.5, 0.6) is 0 Å². The summed E-state index contributed by atoms with van der Waals surface area (Å²) in [5.41, 5.74) is 0.175. The molecule has 10 heteroatoms. The summed E-state index contributed by atoms with van der Waals surface area (Å²) < 4.78 is 38.8. The van der Waals surface area contributed by atoms with Crippen molar-refractivity contribution >= 4 is 23.0 Å².